The van der Waals surface area contributed by atoms with Crippen molar-refractivity contribution in [2.24, 2.45) is 10.7 Å². The highest BCUT2D eigenvalue weighted by atomic mass is 16.5. The van der Waals surface area contributed by atoms with Crippen molar-refractivity contribution < 1.29 is 4.74 Å². The fraction of sp³-hybridized carbons (Fsp3) is 0.562. The zero-order chi connectivity index (χ0) is 14.8. The zero-order valence-corrected chi connectivity index (χ0v) is 12.9. The molecule has 0 radical (unpaired) electrons. The number of nitrogens with zero attached hydrogens (tertiary/aromatic N) is 1. The largest absolute Gasteiger partial charge is 0.497 e. The minimum absolute atomic E-state index is 0.516. The maximum Gasteiger partial charge on any atom is 0.188 e. The third kappa shape index (κ3) is 6.45. The molecule has 0 spiro atoms. The maximum absolute atomic E-state index is 5.85. The lowest BCUT2D eigenvalue weighted by Gasteiger charge is -2.07. The van der Waals surface area contributed by atoms with Crippen LogP contribution in [0.25, 0.3) is 0 Å². The topological polar surface area (TPSA) is 59.6 Å². The number of aryl methyl sites for hydroxylation is 1. The fourth-order valence-electron chi connectivity index (χ4n) is 2.03. The first-order chi connectivity index (χ1) is 9.65. The Kier molecular flexibility index (Phi) is 7.55. The van der Waals surface area contributed by atoms with E-state index in [1.165, 1.54) is 24.8 Å². The van der Waals surface area contributed by atoms with Gasteiger partial charge in [-0.05, 0) is 36.6 Å². The van der Waals surface area contributed by atoms with E-state index in [0.29, 0.717) is 12.5 Å². The molecule has 0 aromatic heterocycles. The summed E-state index contributed by atoms with van der Waals surface area (Å²) >= 11 is 0. The first kappa shape index (κ1) is 16.3. The Balaban J connectivity index is 2.40. The van der Waals surface area contributed by atoms with Crippen LogP contribution in [0.2, 0.25) is 0 Å². The van der Waals surface area contributed by atoms with Crippen molar-refractivity contribution in [1.82, 2.24) is 5.32 Å². The molecule has 0 aliphatic heterocycles. The van der Waals surface area contributed by atoms with Gasteiger partial charge in [-0.25, -0.2) is 4.99 Å². The summed E-state index contributed by atoms with van der Waals surface area (Å²) in [5.74, 6) is 1.38. The van der Waals surface area contributed by atoms with Crippen LogP contribution in [0.5, 0.6) is 5.75 Å². The van der Waals surface area contributed by atoms with E-state index in [9.17, 15) is 0 Å². The number of benzene rings is 1. The van der Waals surface area contributed by atoms with E-state index in [1.54, 1.807) is 7.11 Å². The van der Waals surface area contributed by atoms with Gasteiger partial charge in [-0.3, -0.25) is 0 Å². The van der Waals surface area contributed by atoms with Gasteiger partial charge in [0.2, 0.25) is 0 Å². The van der Waals surface area contributed by atoms with E-state index < -0.39 is 0 Å². The van der Waals surface area contributed by atoms with Crippen LogP contribution < -0.4 is 15.8 Å². The number of ether oxygens (including phenoxy) is 1. The minimum atomic E-state index is 0.516. The Bertz CT molecular complexity index is 430. The van der Waals surface area contributed by atoms with Gasteiger partial charge in [-0.1, -0.05) is 32.3 Å². The first-order valence-corrected chi connectivity index (χ1v) is 7.34. The summed E-state index contributed by atoms with van der Waals surface area (Å²) in [4.78, 5) is 4.36. The van der Waals surface area contributed by atoms with Crippen LogP contribution >= 0.6 is 0 Å². The van der Waals surface area contributed by atoms with E-state index in [4.69, 9.17) is 10.5 Å². The molecule has 20 heavy (non-hydrogen) atoms. The maximum atomic E-state index is 5.85. The molecule has 0 atom stereocenters. The van der Waals surface area contributed by atoms with Crippen molar-refractivity contribution in [1.29, 1.82) is 0 Å². The van der Waals surface area contributed by atoms with Gasteiger partial charge in [0.25, 0.3) is 0 Å². The van der Waals surface area contributed by atoms with Gasteiger partial charge >= 0.3 is 0 Å². The second-order valence-corrected chi connectivity index (χ2v) is 5.05. The third-order valence-electron chi connectivity index (χ3n) is 3.11. The van der Waals surface area contributed by atoms with Crippen LogP contribution in [0.4, 0.5) is 0 Å². The van der Waals surface area contributed by atoms with Gasteiger partial charge in [-0.2, -0.15) is 0 Å². The van der Waals surface area contributed by atoms with Crippen molar-refractivity contribution in [2.75, 3.05) is 13.7 Å². The van der Waals surface area contributed by atoms with Crippen molar-refractivity contribution in [3.8, 4) is 5.75 Å². The van der Waals surface area contributed by atoms with Gasteiger partial charge in [-0.15, -0.1) is 0 Å². The lowest BCUT2D eigenvalue weighted by atomic mass is 10.1. The van der Waals surface area contributed by atoms with Crippen LogP contribution in [-0.2, 0) is 6.54 Å². The van der Waals surface area contributed by atoms with Crippen molar-refractivity contribution in [3.63, 3.8) is 0 Å². The number of rotatable bonds is 8. The van der Waals surface area contributed by atoms with E-state index >= 15 is 0 Å². The highest BCUT2D eigenvalue weighted by Crippen LogP contribution is 2.16. The minimum Gasteiger partial charge on any atom is -0.497 e. The number of hydrogen-bond donors (Lipinski definition) is 2. The molecule has 1 aromatic rings. The van der Waals surface area contributed by atoms with E-state index in [0.717, 1.165) is 24.3 Å². The fourth-order valence-corrected chi connectivity index (χ4v) is 2.03. The lowest BCUT2D eigenvalue weighted by Crippen LogP contribution is -2.32. The number of methoxy groups -OCH3 is 1. The van der Waals surface area contributed by atoms with E-state index in [-0.39, 0.29) is 0 Å². The number of unbranched alkanes of at least 4 members (excludes halogenated alkanes) is 3. The first-order valence-electron chi connectivity index (χ1n) is 7.34. The van der Waals surface area contributed by atoms with Crippen LogP contribution in [0.3, 0.4) is 0 Å². The number of aliphatic imine (C=N–C) groups is 1. The van der Waals surface area contributed by atoms with Crippen LogP contribution in [0.1, 0.15) is 43.7 Å². The summed E-state index contributed by atoms with van der Waals surface area (Å²) < 4.78 is 5.25. The number of nitrogens with one attached hydrogen (secondary N) is 1. The number of hydrogen-bond acceptors (Lipinski definition) is 2. The molecule has 0 aliphatic rings. The summed E-state index contributed by atoms with van der Waals surface area (Å²) in [5.41, 5.74) is 8.13. The molecule has 1 aromatic carbocycles. The molecule has 0 amide bonds. The zero-order valence-electron chi connectivity index (χ0n) is 12.9. The Morgan fingerprint density at radius 2 is 2.05 bits per heavy atom. The highest BCUT2D eigenvalue weighted by Gasteiger charge is 1.99. The predicted octanol–water partition coefficient (Wildman–Crippen LogP) is 2.99. The average molecular weight is 277 g/mol. The van der Waals surface area contributed by atoms with Gasteiger partial charge in [0.1, 0.15) is 5.75 Å². The smallest absolute Gasteiger partial charge is 0.188 e. The van der Waals surface area contributed by atoms with E-state index in [2.05, 4.69) is 23.3 Å². The Morgan fingerprint density at radius 3 is 2.75 bits per heavy atom. The molecule has 4 nitrogen and oxygen atoms in total. The Morgan fingerprint density at radius 1 is 1.25 bits per heavy atom. The summed E-state index contributed by atoms with van der Waals surface area (Å²) in [6.07, 6.45) is 4.91. The summed E-state index contributed by atoms with van der Waals surface area (Å²) in [6, 6.07) is 6.09. The molecule has 112 valence electrons. The summed E-state index contributed by atoms with van der Waals surface area (Å²) in [5, 5.41) is 3.15. The molecule has 0 saturated heterocycles. The second-order valence-electron chi connectivity index (χ2n) is 5.05. The Labute approximate surface area is 122 Å². The van der Waals surface area contributed by atoms with Crippen LogP contribution in [0.15, 0.2) is 23.2 Å². The number of nitrogens with two attached hydrogens (primary N) is 1. The third-order valence-corrected chi connectivity index (χ3v) is 3.11. The monoisotopic (exact) mass is 277 g/mol. The van der Waals surface area contributed by atoms with Gasteiger partial charge in [0.15, 0.2) is 5.96 Å². The molecular weight excluding hydrogens is 250 g/mol. The van der Waals surface area contributed by atoms with Crippen molar-refractivity contribution in [2.45, 2.75) is 46.1 Å². The molecule has 3 N–H and O–H groups in total. The second kappa shape index (κ2) is 9.23. The molecule has 0 bridgehead atoms. The van der Waals surface area contributed by atoms with Gasteiger partial charge < -0.3 is 15.8 Å². The quantitative estimate of drug-likeness (QED) is 0.436. The van der Waals surface area contributed by atoms with Gasteiger partial charge in [0.05, 0.1) is 13.7 Å². The molecule has 0 unspecified atom stereocenters. The highest BCUT2D eigenvalue weighted by molar-refractivity contribution is 5.77. The molecule has 0 aliphatic carbocycles. The number of guanidine groups is 1. The van der Waals surface area contributed by atoms with E-state index in [1.807, 2.05) is 19.1 Å². The average Bonchev–Trinajstić information content (AvgIpc) is 2.44. The molecule has 1 rings (SSSR count). The van der Waals surface area contributed by atoms with Crippen LogP contribution in [0, 0.1) is 6.92 Å². The van der Waals surface area contributed by atoms with Gasteiger partial charge in [0, 0.05) is 6.54 Å². The molecule has 0 heterocycles. The summed E-state index contributed by atoms with van der Waals surface area (Å²) in [7, 11) is 1.67. The lowest BCUT2D eigenvalue weighted by molar-refractivity contribution is 0.414. The molecule has 0 saturated carbocycles. The van der Waals surface area contributed by atoms with Crippen molar-refractivity contribution in [3.05, 3.63) is 29.3 Å². The molecule has 4 heteroatoms. The predicted molar refractivity (Wildman–Crippen MR) is 85.2 cm³/mol. The van der Waals surface area contributed by atoms with Crippen LogP contribution in [-0.4, -0.2) is 19.6 Å². The van der Waals surface area contributed by atoms with Crippen molar-refractivity contribution >= 4 is 5.96 Å². The SMILES string of the molecule is CCCCCCNC(N)=NCc1cc(C)cc(OC)c1. The Hall–Kier alpha value is -1.71. The normalized spacial score (nSPS) is 11.4. The molecule has 0 fully saturated rings. The summed E-state index contributed by atoms with van der Waals surface area (Å²) in [6.45, 7) is 5.72. The molecular formula is C16H27N3O. The standard InChI is InChI=1S/C16H27N3O/c1-4-5-6-7-8-18-16(17)19-12-14-9-13(2)10-15(11-14)20-3/h9-11H,4-8,12H2,1-3H3,(H3,17,18,19).